The Morgan fingerprint density at radius 2 is 1.97 bits per heavy atom. The van der Waals surface area contributed by atoms with Crippen molar-refractivity contribution in [2.45, 2.75) is 47.1 Å². The van der Waals surface area contributed by atoms with Gasteiger partial charge in [0, 0.05) is 34.7 Å². The molecule has 0 fully saturated rings. The Balaban J connectivity index is 2.25. The van der Waals surface area contributed by atoms with E-state index in [1.807, 2.05) is 25.7 Å². The topological polar surface area (TPSA) is 189 Å². The highest BCUT2D eigenvalue weighted by atomic mass is 32.2. The summed E-state index contributed by atoms with van der Waals surface area (Å²) in [5, 5.41) is 11.4. The van der Waals surface area contributed by atoms with Gasteiger partial charge in [-0.25, -0.2) is 19.1 Å². The minimum Gasteiger partial charge on any atom is -0.509 e. The first-order valence-corrected chi connectivity index (χ1v) is 13.5. The summed E-state index contributed by atoms with van der Waals surface area (Å²) in [7, 11) is -10.1. The van der Waals surface area contributed by atoms with Gasteiger partial charge in [0.1, 0.15) is 22.4 Å². The molecule has 1 unspecified atom stereocenters. The molecule has 2 atom stereocenters. The van der Waals surface area contributed by atoms with Crippen LogP contribution < -0.4 is 5.73 Å². The Bertz CT molecular complexity index is 1010. The van der Waals surface area contributed by atoms with Gasteiger partial charge in [-0.15, -0.1) is 0 Å². The number of nitrogens with zero attached hydrogens (tertiary/aromatic N) is 3. The SMILES string of the molecule is CC[C@H](C)C(O)=C1SC(CCOP(=O)(O)OP(=O)(O)O)=C(C)N1Cc1cnc(C)nc1N. The highest BCUT2D eigenvalue weighted by Gasteiger charge is 2.34. The lowest BCUT2D eigenvalue weighted by molar-refractivity contribution is 0.180. The molecule has 0 bridgehead atoms. The molecular formula is C17H28N4O8P2S. The second kappa shape index (κ2) is 10.7. The van der Waals surface area contributed by atoms with Crippen LogP contribution in [0.25, 0.3) is 0 Å². The normalized spacial score (nSPS) is 19.3. The molecule has 0 radical (unpaired) electrons. The molecule has 0 saturated heterocycles. The van der Waals surface area contributed by atoms with Gasteiger partial charge in [-0.05, 0) is 20.3 Å². The third kappa shape index (κ3) is 7.29. The van der Waals surface area contributed by atoms with Gasteiger partial charge >= 0.3 is 15.6 Å². The van der Waals surface area contributed by atoms with Crippen LogP contribution in [0.15, 0.2) is 27.6 Å². The van der Waals surface area contributed by atoms with Crippen LogP contribution in [0.5, 0.6) is 0 Å². The van der Waals surface area contributed by atoms with Crippen LogP contribution in [0.4, 0.5) is 5.82 Å². The summed E-state index contributed by atoms with van der Waals surface area (Å²) in [5.74, 6) is 0.947. The van der Waals surface area contributed by atoms with E-state index >= 15 is 0 Å². The summed E-state index contributed by atoms with van der Waals surface area (Å²) in [6.07, 6.45) is 2.47. The summed E-state index contributed by atoms with van der Waals surface area (Å²) in [6.45, 7) is 7.34. The van der Waals surface area contributed by atoms with Crippen molar-refractivity contribution in [1.82, 2.24) is 14.9 Å². The maximum atomic E-state index is 11.7. The van der Waals surface area contributed by atoms with Gasteiger partial charge in [0.05, 0.1) is 13.2 Å². The molecule has 0 spiro atoms. The molecule has 1 aliphatic rings. The fourth-order valence-corrected chi connectivity index (χ4v) is 5.66. The monoisotopic (exact) mass is 510 g/mol. The Hall–Kier alpha value is -1.43. The van der Waals surface area contributed by atoms with Crippen molar-refractivity contribution in [1.29, 1.82) is 0 Å². The van der Waals surface area contributed by atoms with E-state index in [0.717, 1.165) is 10.6 Å². The molecule has 2 heterocycles. The highest BCUT2D eigenvalue weighted by molar-refractivity contribution is 8.07. The number of rotatable bonds is 10. The lowest BCUT2D eigenvalue weighted by Gasteiger charge is -2.24. The third-order valence-corrected chi connectivity index (χ3v) is 8.27. The maximum absolute atomic E-state index is 11.7. The maximum Gasteiger partial charge on any atom is 0.481 e. The number of aliphatic hydroxyl groups excluding tert-OH is 1. The number of nitrogens with two attached hydrogens (primary N) is 1. The van der Waals surface area contributed by atoms with Crippen molar-refractivity contribution in [3.8, 4) is 0 Å². The van der Waals surface area contributed by atoms with Gasteiger partial charge in [0.2, 0.25) is 0 Å². The van der Waals surface area contributed by atoms with Crippen LogP contribution in [0.1, 0.15) is 45.0 Å². The van der Waals surface area contributed by atoms with Crippen molar-refractivity contribution in [2.24, 2.45) is 5.92 Å². The predicted molar refractivity (Wildman–Crippen MR) is 120 cm³/mol. The molecule has 12 nitrogen and oxygen atoms in total. The third-order valence-electron chi connectivity index (χ3n) is 4.71. The smallest absolute Gasteiger partial charge is 0.481 e. The minimum absolute atomic E-state index is 0.107. The fraction of sp³-hybridized carbons (Fsp3) is 0.529. The van der Waals surface area contributed by atoms with Crippen molar-refractivity contribution >= 4 is 33.2 Å². The highest BCUT2D eigenvalue weighted by Crippen LogP contribution is 2.58. The summed E-state index contributed by atoms with van der Waals surface area (Å²) in [4.78, 5) is 37.8. The zero-order valence-corrected chi connectivity index (χ0v) is 20.7. The summed E-state index contributed by atoms with van der Waals surface area (Å²) >= 11 is 1.28. The molecule has 1 aromatic heterocycles. The van der Waals surface area contributed by atoms with Crippen LogP contribution >= 0.6 is 27.4 Å². The molecule has 6 N–H and O–H groups in total. The Morgan fingerprint density at radius 3 is 2.53 bits per heavy atom. The predicted octanol–water partition coefficient (Wildman–Crippen LogP) is 3.54. The number of aromatic nitrogens is 2. The first kappa shape index (κ1) is 26.8. The van der Waals surface area contributed by atoms with Crippen LogP contribution in [0, 0.1) is 12.8 Å². The second-order valence-corrected chi connectivity index (χ2v) is 11.1. The number of anilines is 1. The molecule has 0 saturated carbocycles. The quantitative estimate of drug-likeness (QED) is 0.227. The Labute approximate surface area is 190 Å². The number of nitrogen functional groups attached to an aromatic ring is 1. The molecule has 180 valence electrons. The number of aryl methyl sites for hydroxylation is 1. The molecule has 0 aliphatic carbocycles. The van der Waals surface area contributed by atoms with E-state index in [2.05, 4.69) is 18.8 Å². The van der Waals surface area contributed by atoms with Crippen LogP contribution in [-0.2, 0) is 24.5 Å². The van der Waals surface area contributed by atoms with Crippen molar-refractivity contribution in [3.05, 3.63) is 39.0 Å². The average Bonchev–Trinajstić information content (AvgIpc) is 2.96. The van der Waals surface area contributed by atoms with E-state index in [0.29, 0.717) is 35.2 Å². The van der Waals surface area contributed by atoms with Crippen molar-refractivity contribution in [2.75, 3.05) is 12.3 Å². The van der Waals surface area contributed by atoms with Crippen LogP contribution in [0.3, 0.4) is 0 Å². The Morgan fingerprint density at radius 1 is 1.31 bits per heavy atom. The van der Waals surface area contributed by atoms with Gasteiger partial charge in [0.25, 0.3) is 0 Å². The standard InChI is InChI=1S/C17H28N4O8P2S/c1-5-10(2)15(22)17-21(9-13-8-19-12(4)20-16(13)18)11(3)14(32-17)6-7-28-31(26,27)29-30(23,24)25/h8,10,22H,5-7,9H2,1-4H3,(H,26,27)(H2,18,19,20)(H2,23,24,25)/t10-/m0/s1. The number of aliphatic hydroxyl groups is 1. The number of phosphoric acid groups is 2. The Kier molecular flexibility index (Phi) is 8.94. The van der Waals surface area contributed by atoms with Gasteiger partial charge < -0.3 is 30.4 Å². The minimum atomic E-state index is -5.19. The molecule has 2 rings (SSSR count). The molecule has 0 amide bonds. The zero-order valence-electron chi connectivity index (χ0n) is 18.1. The first-order valence-electron chi connectivity index (χ1n) is 9.64. The number of thioether (sulfide) groups is 1. The van der Waals surface area contributed by atoms with E-state index in [9.17, 15) is 19.1 Å². The summed E-state index contributed by atoms with van der Waals surface area (Å²) in [5.41, 5.74) is 7.45. The van der Waals surface area contributed by atoms with Crippen molar-refractivity contribution in [3.63, 3.8) is 0 Å². The van der Waals surface area contributed by atoms with Gasteiger partial charge in [-0.1, -0.05) is 25.6 Å². The molecule has 1 aromatic rings. The lowest BCUT2D eigenvalue weighted by Crippen LogP contribution is -2.20. The summed E-state index contributed by atoms with van der Waals surface area (Å²) in [6, 6.07) is 0. The van der Waals surface area contributed by atoms with E-state index in [4.69, 9.17) is 15.5 Å². The number of hydrogen-bond donors (Lipinski definition) is 5. The summed E-state index contributed by atoms with van der Waals surface area (Å²) < 4.78 is 30.9. The van der Waals surface area contributed by atoms with Crippen molar-refractivity contribution < 1.29 is 37.8 Å². The first-order chi connectivity index (χ1) is 14.7. The fourth-order valence-electron chi connectivity index (χ4n) is 2.78. The largest absolute Gasteiger partial charge is 0.509 e. The average molecular weight is 510 g/mol. The van der Waals surface area contributed by atoms with Crippen LogP contribution in [-0.4, -0.2) is 41.3 Å². The molecule has 0 aromatic carbocycles. The van der Waals surface area contributed by atoms with E-state index in [1.54, 1.807) is 13.1 Å². The van der Waals surface area contributed by atoms with E-state index in [-0.39, 0.29) is 24.7 Å². The molecular weight excluding hydrogens is 482 g/mol. The lowest BCUT2D eigenvalue weighted by atomic mass is 10.1. The zero-order chi connectivity index (χ0) is 24.3. The molecule has 15 heteroatoms. The number of hydrogen-bond acceptors (Lipinski definition) is 10. The van der Waals surface area contributed by atoms with Crippen LogP contribution in [0.2, 0.25) is 0 Å². The number of phosphoric ester groups is 1. The second-order valence-electron chi connectivity index (χ2n) is 7.15. The van der Waals surface area contributed by atoms with Gasteiger partial charge in [-0.3, -0.25) is 4.52 Å². The molecule has 32 heavy (non-hydrogen) atoms. The van der Waals surface area contributed by atoms with Gasteiger partial charge in [0.15, 0.2) is 0 Å². The van der Waals surface area contributed by atoms with E-state index in [1.165, 1.54) is 11.8 Å². The van der Waals surface area contributed by atoms with E-state index < -0.39 is 15.6 Å². The number of allylic oxidation sites excluding steroid dienone is 2. The van der Waals surface area contributed by atoms with Gasteiger partial charge in [-0.2, -0.15) is 4.31 Å². The molecule has 1 aliphatic heterocycles.